The summed E-state index contributed by atoms with van der Waals surface area (Å²) in [5, 5.41) is 2.99. The van der Waals surface area contributed by atoms with Gasteiger partial charge in [-0.2, -0.15) is 0 Å². The lowest BCUT2D eigenvalue weighted by Gasteiger charge is -2.33. The minimum absolute atomic E-state index is 0.0496. The van der Waals surface area contributed by atoms with Gasteiger partial charge >= 0.3 is 0 Å². The highest BCUT2D eigenvalue weighted by Gasteiger charge is 2.34. The van der Waals surface area contributed by atoms with Gasteiger partial charge < -0.3 is 15.0 Å². The number of nitrogens with one attached hydrogen (secondary N) is 1. The van der Waals surface area contributed by atoms with E-state index < -0.39 is 28.5 Å². The molecular weight excluding hydrogens is 574 g/mol. The van der Waals surface area contributed by atoms with Gasteiger partial charge in [0.25, 0.3) is 10.0 Å². The summed E-state index contributed by atoms with van der Waals surface area (Å²) in [6.07, 6.45) is 1.10. The third kappa shape index (κ3) is 8.26. The molecule has 1 N–H and O–H groups in total. The zero-order chi connectivity index (χ0) is 31.5. The summed E-state index contributed by atoms with van der Waals surface area (Å²) in [4.78, 5) is 29.1. The van der Waals surface area contributed by atoms with E-state index in [0.29, 0.717) is 23.6 Å². The average molecular weight is 614 g/mol. The Morgan fingerprint density at radius 2 is 1.30 bits per heavy atom. The lowest BCUT2D eigenvalue weighted by Crippen LogP contribution is -2.53. The molecule has 9 heteroatoms. The van der Waals surface area contributed by atoms with E-state index in [1.807, 2.05) is 81.4 Å². The highest BCUT2D eigenvalue weighted by molar-refractivity contribution is 7.92. The van der Waals surface area contributed by atoms with E-state index in [1.54, 1.807) is 42.5 Å². The molecular formula is C35H39N3O5S. The average Bonchev–Trinajstić information content (AvgIpc) is 3.05. The van der Waals surface area contributed by atoms with Gasteiger partial charge in [0.15, 0.2) is 0 Å². The van der Waals surface area contributed by atoms with Crippen molar-refractivity contribution in [3.05, 3.63) is 121 Å². The molecule has 4 aromatic rings. The van der Waals surface area contributed by atoms with Crippen molar-refractivity contribution in [1.82, 2.24) is 10.2 Å². The quantitative estimate of drug-likeness (QED) is 0.178. The van der Waals surface area contributed by atoms with Crippen molar-refractivity contribution in [2.45, 2.75) is 57.1 Å². The van der Waals surface area contributed by atoms with Crippen LogP contribution < -0.4 is 14.4 Å². The molecule has 44 heavy (non-hydrogen) atoms. The summed E-state index contributed by atoms with van der Waals surface area (Å²) in [5.74, 6) is 0.388. The molecule has 0 radical (unpaired) electrons. The molecule has 0 saturated heterocycles. The van der Waals surface area contributed by atoms with Crippen LogP contribution in [0.3, 0.4) is 0 Å². The summed E-state index contributed by atoms with van der Waals surface area (Å²) in [5.41, 5.74) is 1.12. The first kappa shape index (κ1) is 32.3. The van der Waals surface area contributed by atoms with Gasteiger partial charge in [0.05, 0.1) is 10.6 Å². The predicted octanol–water partition coefficient (Wildman–Crippen LogP) is 6.40. The highest BCUT2D eigenvalue weighted by atomic mass is 32.2. The second kappa shape index (κ2) is 15.2. The van der Waals surface area contributed by atoms with Crippen molar-refractivity contribution in [2.75, 3.05) is 10.8 Å². The van der Waals surface area contributed by atoms with Crippen LogP contribution in [0, 0.1) is 0 Å². The summed E-state index contributed by atoms with van der Waals surface area (Å²) in [7, 11) is -4.16. The van der Waals surface area contributed by atoms with Gasteiger partial charge in [-0.1, -0.05) is 80.6 Å². The van der Waals surface area contributed by atoms with E-state index in [2.05, 4.69) is 5.32 Å². The maximum atomic E-state index is 14.2. The highest BCUT2D eigenvalue weighted by Crippen LogP contribution is 2.28. The van der Waals surface area contributed by atoms with E-state index >= 15 is 0 Å². The van der Waals surface area contributed by atoms with Crippen molar-refractivity contribution in [3.8, 4) is 11.5 Å². The lowest BCUT2D eigenvalue weighted by atomic mass is 10.1. The number of ether oxygens (including phenoxy) is 1. The first-order valence-corrected chi connectivity index (χ1v) is 16.2. The monoisotopic (exact) mass is 613 g/mol. The van der Waals surface area contributed by atoms with Crippen molar-refractivity contribution in [1.29, 1.82) is 0 Å². The fourth-order valence-electron chi connectivity index (χ4n) is 4.69. The van der Waals surface area contributed by atoms with Gasteiger partial charge in [-0.05, 0) is 73.9 Å². The van der Waals surface area contributed by atoms with E-state index in [4.69, 9.17) is 4.74 Å². The number of rotatable bonds is 14. The summed E-state index contributed by atoms with van der Waals surface area (Å²) in [6, 6.07) is 32.3. The Kier molecular flexibility index (Phi) is 11.2. The number of carbonyl (C=O) groups is 2. The molecule has 2 atom stereocenters. The van der Waals surface area contributed by atoms with Crippen molar-refractivity contribution in [2.24, 2.45) is 0 Å². The fraction of sp³-hybridized carbons (Fsp3) is 0.257. The van der Waals surface area contributed by atoms with Crippen LogP contribution in [0.2, 0.25) is 0 Å². The number of carbonyl (C=O) groups excluding carboxylic acids is 2. The number of hydrogen-bond acceptors (Lipinski definition) is 5. The number of amides is 2. The molecule has 0 heterocycles. The summed E-state index contributed by atoms with van der Waals surface area (Å²) in [6.45, 7) is 5.37. The van der Waals surface area contributed by atoms with Crippen LogP contribution in [0.5, 0.6) is 11.5 Å². The van der Waals surface area contributed by atoms with Gasteiger partial charge in [-0.3, -0.25) is 13.9 Å². The third-order valence-electron chi connectivity index (χ3n) is 7.30. The molecule has 0 aliphatic rings. The molecule has 2 amide bonds. The number of nitrogens with zero attached hydrogens (tertiary/aromatic N) is 2. The van der Waals surface area contributed by atoms with E-state index in [1.165, 1.54) is 17.0 Å². The molecule has 0 fully saturated rings. The van der Waals surface area contributed by atoms with Crippen LogP contribution in [0.1, 0.15) is 39.2 Å². The second-order valence-corrected chi connectivity index (χ2v) is 12.3. The maximum Gasteiger partial charge on any atom is 0.264 e. The molecule has 0 bridgehead atoms. The van der Waals surface area contributed by atoms with Crippen molar-refractivity contribution < 1.29 is 22.7 Å². The SMILES string of the molecule is CC[C@H](C)NC(=O)[C@H](CC)N(Cc1ccccc1)C(=O)CN(c1ccc(Oc2ccccc2)cc1)S(=O)(=O)c1ccccc1. The minimum atomic E-state index is -4.16. The van der Waals surface area contributed by atoms with E-state index in [9.17, 15) is 18.0 Å². The Bertz CT molecular complexity index is 1600. The van der Waals surface area contributed by atoms with Crippen molar-refractivity contribution in [3.63, 3.8) is 0 Å². The van der Waals surface area contributed by atoms with Crippen LogP contribution in [0.25, 0.3) is 0 Å². The van der Waals surface area contributed by atoms with Gasteiger partial charge in [0, 0.05) is 12.6 Å². The molecule has 0 aliphatic heterocycles. The van der Waals surface area contributed by atoms with Gasteiger partial charge in [0.1, 0.15) is 24.1 Å². The van der Waals surface area contributed by atoms with Crippen LogP contribution in [0.15, 0.2) is 120 Å². The number of para-hydroxylation sites is 1. The topological polar surface area (TPSA) is 96.0 Å². The third-order valence-corrected chi connectivity index (χ3v) is 9.08. The largest absolute Gasteiger partial charge is 0.457 e. The van der Waals surface area contributed by atoms with E-state index in [-0.39, 0.29) is 23.4 Å². The number of hydrogen-bond donors (Lipinski definition) is 1. The van der Waals surface area contributed by atoms with Crippen molar-refractivity contribution >= 4 is 27.5 Å². The van der Waals surface area contributed by atoms with Crippen LogP contribution in [-0.2, 0) is 26.2 Å². The molecule has 4 aromatic carbocycles. The number of benzene rings is 4. The Labute approximate surface area is 260 Å². The molecule has 0 unspecified atom stereocenters. The van der Waals surface area contributed by atoms with Gasteiger partial charge in [-0.15, -0.1) is 0 Å². The first-order valence-electron chi connectivity index (χ1n) is 14.8. The van der Waals surface area contributed by atoms with Gasteiger partial charge in [-0.25, -0.2) is 8.42 Å². The number of anilines is 1. The Morgan fingerprint density at radius 3 is 1.86 bits per heavy atom. The molecule has 0 aromatic heterocycles. The zero-order valence-electron chi connectivity index (χ0n) is 25.3. The Morgan fingerprint density at radius 1 is 0.750 bits per heavy atom. The Balaban J connectivity index is 1.70. The zero-order valence-corrected chi connectivity index (χ0v) is 26.1. The van der Waals surface area contributed by atoms with Crippen LogP contribution in [0.4, 0.5) is 5.69 Å². The number of sulfonamides is 1. The molecule has 8 nitrogen and oxygen atoms in total. The molecule has 0 saturated carbocycles. The first-order chi connectivity index (χ1) is 21.2. The summed E-state index contributed by atoms with van der Waals surface area (Å²) < 4.78 is 35.0. The molecule has 4 rings (SSSR count). The molecule has 0 aliphatic carbocycles. The molecule has 230 valence electrons. The summed E-state index contributed by atoms with van der Waals surface area (Å²) >= 11 is 0. The second-order valence-electron chi connectivity index (χ2n) is 10.5. The van der Waals surface area contributed by atoms with Crippen LogP contribution >= 0.6 is 0 Å². The smallest absolute Gasteiger partial charge is 0.264 e. The molecule has 0 spiro atoms. The fourth-order valence-corrected chi connectivity index (χ4v) is 6.13. The van der Waals surface area contributed by atoms with Gasteiger partial charge in [0.2, 0.25) is 11.8 Å². The predicted molar refractivity (Wildman–Crippen MR) is 173 cm³/mol. The maximum absolute atomic E-state index is 14.2. The Hall–Kier alpha value is -4.63. The normalized spacial score (nSPS) is 12.5. The lowest BCUT2D eigenvalue weighted by molar-refractivity contribution is -0.140. The van der Waals surface area contributed by atoms with Crippen LogP contribution in [-0.4, -0.2) is 43.8 Å². The standard InChI is InChI=1S/C35H39N3O5S/c1-4-27(3)36-35(40)33(5-2)37(25-28-15-9-6-10-16-28)34(39)26-38(44(41,42)32-19-13-8-14-20-32)29-21-23-31(24-22-29)43-30-17-11-7-12-18-30/h6-24,27,33H,4-5,25-26H2,1-3H3,(H,36,40)/t27-,33-/m0/s1. The van der Waals surface area contributed by atoms with E-state index in [0.717, 1.165) is 16.3 Å². The minimum Gasteiger partial charge on any atom is -0.457 e.